The molecule has 0 bridgehead atoms. The van der Waals surface area contributed by atoms with Gasteiger partial charge in [0.25, 0.3) is 0 Å². The quantitative estimate of drug-likeness (QED) is 0.711. The molecule has 3 heterocycles. The Bertz CT molecular complexity index is 655. The predicted octanol–water partition coefficient (Wildman–Crippen LogP) is 4.04. The molecule has 2 aromatic heterocycles. The van der Waals surface area contributed by atoms with Gasteiger partial charge in [0.05, 0.1) is 12.8 Å². The smallest absolute Gasteiger partial charge is 0.0534 e. The second kappa shape index (κ2) is 8.47. The molecule has 25 heavy (non-hydrogen) atoms. The lowest BCUT2D eigenvalue weighted by molar-refractivity contribution is -0.00223. The number of hydrogen-bond donors (Lipinski definition) is 0. The number of thiophene rings is 1. The van der Waals surface area contributed by atoms with Crippen LogP contribution in [0.2, 0.25) is 0 Å². The van der Waals surface area contributed by atoms with Crippen molar-refractivity contribution >= 4 is 11.3 Å². The van der Waals surface area contributed by atoms with E-state index in [0.717, 1.165) is 32.8 Å². The molecule has 0 amide bonds. The second-order valence-electron chi connectivity index (χ2n) is 7.46. The van der Waals surface area contributed by atoms with Gasteiger partial charge in [-0.15, -0.1) is 11.3 Å². The summed E-state index contributed by atoms with van der Waals surface area (Å²) in [6.07, 6.45) is 9.02. The molecule has 0 radical (unpaired) electrons. The topological polar surface area (TPSA) is 30.3 Å². The molecular weight excluding hydrogens is 330 g/mol. The SMILES string of the molecule is CCOCC1(CCc2sccc2C)CCN(Cc2cnn(C)c2)CC1. The highest BCUT2D eigenvalue weighted by atomic mass is 32.1. The van der Waals surface area contributed by atoms with Crippen LogP contribution in [-0.2, 0) is 24.8 Å². The Morgan fingerprint density at radius 3 is 2.72 bits per heavy atom. The molecule has 5 heteroatoms. The van der Waals surface area contributed by atoms with Crippen molar-refractivity contribution < 1.29 is 4.74 Å². The van der Waals surface area contributed by atoms with Crippen molar-refractivity contribution in [1.82, 2.24) is 14.7 Å². The molecular formula is C20H31N3OS. The number of piperidine rings is 1. The molecule has 1 aliphatic rings. The highest BCUT2D eigenvalue weighted by Gasteiger charge is 2.34. The van der Waals surface area contributed by atoms with Crippen LogP contribution in [0.25, 0.3) is 0 Å². The first kappa shape index (κ1) is 18.6. The van der Waals surface area contributed by atoms with Crippen LogP contribution in [0.1, 0.15) is 42.2 Å². The molecule has 138 valence electrons. The average molecular weight is 362 g/mol. The fourth-order valence-electron chi connectivity index (χ4n) is 3.82. The van der Waals surface area contributed by atoms with Crippen molar-refractivity contribution in [2.75, 3.05) is 26.3 Å². The van der Waals surface area contributed by atoms with Crippen molar-refractivity contribution in [3.05, 3.63) is 39.8 Å². The van der Waals surface area contributed by atoms with Gasteiger partial charge < -0.3 is 4.74 Å². The van der Waals surface area contributed by atoms with E-state index in [4.69, 9.17) is 4.74 Å². The number of likely N-dealkylation sites (tertiary alicyclic amines) is 1. The van der Waals surface area contributed by atoms with E-state index in [1.165, 1.54) is 36.8 Å². The summed E-state index contributed by atoms with van der Waals surface area (Å²) >= 11 is 1.90. The summed E-state index contributed by atoms with van der Waals surface area (Å²) < 4.78 is 7.80. The molecule has 0 aliphatic carbocycles. The minimum absolute atomic E-state index is 0.345. The van der Waals surface area contributed by atoms with Crippen molar-refractivity contribution in [3.63, 3.8) is 0 Å². The maximum atomic E-state index is 5.90. The number of aromatic nitrogens is 2. The third-order valence-electron chi connectivity index (χ3n) is 5.54. The molecule has 0 N–H and O–H groups in total. The van der Waals surface area contributed by atoms with Crippen molar-refractivity contribution in [1.29, 1.82) is 0 Å². The van der Waals surface area contributed by atoms with Gasteiger partial charge in [0.1, 0.15) is 0 Å². The van der Waals surface area contributed by atoms with Gasteiger partial charge in [0.2, 0.25) is 0 Å². The van der Waals surface area contributed by atoms with Crippen LogP contribution in [-0.4, -0.2) is 41.0 Å². The van der Waals surface area contributed by atoms with Crippen LogP contribution in [0.5, 0.6) is 0 Å². The molecule has 0 unspecified atom stereocenters. The number of rotatable bonds is 8. The summed E-state index contributed by atoms with van der Waals surface area (Å²) in [4.78, 5) is 4.12. The van der Waals surface area contributed by atoms with Crippen LogP contribution >= 0.6 is 11.3 Å². The zero-order chi connectivity index (χ0) is 17.7. The van der Waals surface area contributed by atoms with Gasteiger partial charge in [-0.2, -0.15) is 5.10 Å². The van der Waals surface area contributed by atoms with Crippen LogP contribution in [0.15, 0.2) is 23.8 Å². The van der Waals surface area contributed by atoms with Crippen molar-refractivity contribution in [3.8, 4) is 0 Å². The largest absolute Gasteiger partial charge is 0.381 e. The summed E-state index contributed by atoms with van der Waals surface area (Å²) in [6.45, 7) is 9.40. The maximum Gasteiger partial charge on any atom is 0.0534 e. The predicted molar refractivity (Wildman–Crippen MR) is 104 cm³/mol. The maximum absolute atomic E-state index is 5.90. The first-order chi connectivity index (χ1) is 12.1. The highest BCUT2D eigenvalue weighted by Crippen LogP contribution is 2.38. The molecule has 0 saturated carbocycles. The van der Waals surface area contributed by atoms with Gasteiger partial charge in [-0.25, -0.2) is 0 Å². The lowest BCUT2D eigenvalue weighted by Gasteiger charge is -2.42. The molecule has 0 atom stereocenters. The van der Waals surface area contributed by atoms with Crippen molar-refractivity contribution in [2.24, 2.45) is 12.5 Å². The minimum Gasteiger partial charge on any atom is -0.381 e. The molecule has 1 fully saturated rings. The minimum atomic E-state index is 0.345. The van der Waals surface area contributed by atoms with Gasteiger partial charge in [0, 0.05) is 36.8 Å². The molecule has 2 aromatic rings. The summed E-state index contributed by atoms with van der Waals surface area (Å²) in [7, 11) is 1.99. The normalized spacial score (nSPS) is 17.9. The van der Waals surface area contributed by atoms with Crippen molar-refractivity contribution in [2.45, 2.75) is 46.1 Å². The molecule has 4 nitrogen and oxygen atoms in total. The Kier molecular flexibility index (Phi) is 6.31. The molecule has 0 aromatic carbocycles. The third-order valence-corrected chi connectivity index (χ3v) is 6.63. The molecule has 1 saturated heterocycles. The van der Waals surface area contributed by atoms with E-state index >= 15 is 0 Å². The lowest BCUT2D eigenvalue weighted by Crippen LogP contribution is -2.42. The molecule has 3 rings (SSSR count). The van der Waals surface area contributed by atoms with Gasteiger partial charge in [-0.1, -0.05) is 0 Å². The monoisotopic (exact) mass is 361 g/mol. The second-order valence-corrected chi connectivity index (χ2v) is 8.46. The number of aryl methyl sites for hydroxylation is 3. The summed E-state index contributed by atoms with van der Waals surface area (Å²) in [5.41, 5.74) is 3.11. The Hall–Kier alpha value is -1.17. The van der Waals surface area contributed by atoms with Crippen LogP contribution in [0.4, 0.5) is 0 Å². The third kappa shape index (κ3) is 4.93. The first-order valence-corrected chi connectivity index (χ1v) is 10.3. The zero-order valence-electron chi connectivity index (χ0n) is 15.8. The number of nitrogens with zero attached hydrogens (tertiary/aromatic N) is 3. The Morgan fingerprint density at radius 1 is 1.32 bits per heavy atom. The Labute approximate surface area is 155 Å². The lowest BCUT2D eigenvalue weighted by atomic mass is 9.75. The van der Waals surface area contributed by atoms with E-state index < -0.39 is 0 Å². The standard InChI is InChI=1S/C20H31N3OS/c1-4-24-16-20(7-5-19-17(2)6-12-25-19)8-10-23(11-9-20)15-18-13-21-22(3)14-18/h6,12-14H,4-5,7-11,15-16H2,1-3H3. The van der Waals surface area contributed by atoms with E-state index in [9.17, 15) is 0 Å². The summed E-state index contributed by atoms with van der Waals surface area (Å²) in [5, 5.41) is 6.51. The van der Waals surface area contributed by atoms with E-state index in [0.29, 0.717) is 5.41 Å². The zero-order valence-corrected chi connectivity index (χ0v) is 16.6. The fraction of sp³-hybridized carbons (Fsp3) is 0.650. The first-order valence-electron chi connectivity index (χ1n) is 9.41. The van der Waals surface area contributed by atoms with E-state index in [1.54, 1.807) is 4.88 Å². The number of hydrogen-bond acceptors (Lipinski definition) is 4. The van der Waals surface area contributed by atoms with Gasteiger partial charge in [0.15, 0.2) is 0 Å². The Balaban J connectivity index is 1.57. The fourth-order valence-corrected chi connectivity index (χ4v) is 4.73. The van der Waals surface area contributed by atoms with E-state index in [-0.39, 0.29) is 0 Å². The van der Waals surface area contributed by atoms with Crippen LogP contribution < -0.4 is 0 Å². The van der Waals surface area contributed by atoms with Crippen LogP contribution in [0.3, 0.4) is 0 Å². The summed E-state index contributed by atoms with van der Waals surface area (Å²) in [6, 6.07) is 2.24. The van der Waals surface area contributed by atoms with Gasteiger partial charge in [-0.3, -0.25) is 9.58 Å². The van der Waals surface area contributed by atoms with Gasteiger partial charge >= 0.3 is 0 Å². The number of ether oxygens (including phenoxy) is 1. The average Bonchev–Trinajstić information content (AvgIpc) is 3.21. The highest BCUT2D eigenvalue weighted by molar-refractivity contribution is 7.10. The summed E-state index contributed by atoms with van der Waals surface area (Å²) in [5.74, 6) is 0. The molecule has 1 aliphatic heterocycles. The van der Waals surface area contributed by atoms with Crippen LogP contribution in [0, 0.1) is 12.3 Å². The van der Waals surface area contributed by atoms with E-state index in [2.05, 4.69) is 41.5 Å². The van der Waals surface area contributed by atoms with E-state index in [1.807, 2.05) is 29.3 Å². The van der Waals surface area contributed by atoms with Gasteiger partial charge in [-0.05, 0) is 75.0 Å². The molecule has 0 spiro atoms. The Morgan fingerprint density at radius 2 is 2.12 bits per heavy atom.